The maximum atomic E-state index is 12.0. The summed E-state index contributed by atoms with van der Waals surface area (Å²) in [6.07, 6.45) is -2.55. The van der Waals surface area contributed by atoms with Gasteiger partial charge in [-0.25, -0.2) is 4.79 Å². The van der Waals surface area contributed by atoms with Crippen LogP contribution in [0.25, 0.3) is 22.5 Å². The fraction of sp³-hybridized carbons (Fsp3) is 0.167. The van der Waals surface area contributed by atoms with E-state index in [1.165, 1.54) is 0 Å². The molecule has 0 aliphatic carbocycles. The molecule has 1 aromatic carbocycles. The second-order valence-corrected chi connectivity index (χ2v) is 7.63. The molecular weight excluding hydrogens is 465 g/mol. The summed E-state index contributed by atoms with van der Waals surface area (Å²) < 4.78 is 31.7. The van der Waals surface area contributed by atoms with Crippen LogP contribution >= 0.6 is 0 Å². The predicted molar refractivity (Wildman–Crippen MR) is 123 cm³/mol. The van der Waals surface area contributed by atoms with Gasteiger partial charge in [0.05, 0.1) is 11.3 Å². The van der Waals surface area contributed by atoms with E-state index >= 15 is 0 Å². The number of aromatic nitrogens is 2. The van der Waals surface area contributed by atoms with Gasteiger partial charge in [-0.15, -0.1) is 0 Å². The largest absolute Gasteiger partial charge is 0.490 e. The zero-order chi connectivity index (χ0) is 25.8. The van der Waals surface area contributed by atoms with E-state index in [-0.39, 0.29) is 11.8 Å². The van der Waals surface area contributed by atoms with E-state index in [1.807, 2.05) is 42.5 Å². The summed E-state index contributed by atoms with van der Waals surface area (Å²) in [6, 6.07) is 13.3. The molecule has 0 radical (unpaired) electrons. The van der Waals surface area contributed by atoms with Gasteiger partial charge in [-0.2, -0.15) is 13.2 Å². The number of aromatic amines is 1. The lowest BCUT2D eigenvalue weighted by Gasteiger charge is -2.11. The SMILES string of the molecule is C=C(C)C(=O)Nc1cccc(-c2cc(-c3cc4c([nH]3)CCNC4=O)ccn2)c1.O=C(O)C(F)(F)F. The van der Waals surface area contributed by atoms with Crippen LogP contribution in [0, 0.1) is 0 Å². The number of amides is 2. The van der Waals surface area contributed by atoms with Gasteiger partial charge in [-0.1, -0.05) is 18.7 Å². The molecule has 1 aliphatic heterocycles. The monoisotopic (exact) mass is 486 g/mol. The fourth-order valence-electron chi connectivity index (χ4n) is 3.20. The van der Waals surface area contributed by atoms with Gasteiger partial charge in [0, 0.05) is 52.9 Å². The summed E-state index contributed by atoms with van der Waals surface area (Å²) in [6.45, 7) is 5.97. The van der Waals surface area contributed by atoms with Gasteiger partial charge in [0.25, 0.3) is 11.8 Å². The third-order valence-electron chi connectivity index (χ3n) is 4.92. The number of fused-ring (bicyclic) bond motifs is 1. The maximum Gasteiger partial charge on any atom is 0.490 e. The number of rotatable bonds is 4. The molecule has 0 saturated heterocycles. The number of halogens is 3. The number of pyridine rings is 1. The van der Waals surface area contributed by atoms with Crippen LogP contribution in [0.3, 0.4) is 0 Å². The smallest absolute Gasteiger partial charge is 0.475 e. The lowest BCUT2D eigenvalue weighted by Crippen LogP contribution is -2.31. The zero-order valence-electron chi connectivity index (χ0n) is 18.5. The topological polar surface area (TPSA) is 124 Å². The predicted octanol–water partition coefficient (Wildman–Crippen LogP) is 4.18. The van der Waals surface area contributed by atoms with E-state index in [0.717, 1.165) is 34.6 Å². The summed E-state index contributed by atoms with van der Waals surface area (Å²) in [5.41, 5.74) is 6.29. The molecule has 8 nitrogen and oxygen atoms in total. The molecule has 0 fully saturated rings. The summed E-state index contributed by atoms with van der Waals surface area (Å²) in [4.78, 5) is 40.6. The van der Waals surface area contributed by atoms with Crippen LogP contribution in [0.5, 0.6) is 0 Å². The first-order chi connectivity index (χ1) is 16.5. The van der Waals surface area contributed by atoms with Crippen LogP contribution in [0.1, 0.15) is 23.0 Å². The number of alkyl halides is 3. The number of hydrogen-bond donors (Lipinski definition) is 4. The number of H-pyrrole nitrogens is 1. The molecule has 2 aromatic heterocycles. The van der Waals surface area contributed by atoms with E-state index < -0.39 is 12.1 Å². The molecule has 0 spiro atoms. The highest BCUT2D eigenvalue weighted by Gasteiger charge is 2.38. The average Bonchev–Trinajstić information content (AvgIpc) is 3.25. The number of carbonyl (C=O) groups is 3. The molecule has 1 aliphatic rings. The van der Waals surface area contributed by atoms with Crippen molar-refractivity contribution in [2.75, 3.05) is 11.9 Å². The Balaban J connectivity index is 0.000000429. The van der Waals surface area contributed by atoms with Gasteiger partial charge in [0.1, 0.15) is 0 Å². The van der Waals surface area contributed by atoms with Crippen LogP contribution in [-0.2, 0) is 16.0 Å². The number of nitrogens with zero attached hydrogens (tertiary/aromatic N) is 1. The second-order valence-electron chi connectivity index (χ2n) is 7.63. The number of hydrogen-bond acceptors (Lipinski definition) is 4. The lowest BCUT2D eigenvalue weighted by atomic mass is 10.1. The highest BCUT2D eigenvalue weighted by Crippen LogP contribution is 2.28. The lowest BCUT2D eigenvalue weighted by molar-refractivity contribution is -0.192. The second kappa shape index (κ2) is 10.2. The number of aliphatic carboxylic acids is 1. The Labute approximate surface area is 197 Å². The van der Waals surface area contributed by atoms with Crippen molar-refractivity contribution in [3.05, 3.63) is 72.1 Å². The van der Waals surface area contributed by atoms with E-state index in [9.17, 15) is 22.8 Å². The minimum atomic E-state index is -5.08. The molecule has 35 heavy (non-hydrogen) atoms. The Morgan fingerprint density at radius 1 is 1.14 bits per heavy atom. The van der Waals surface area contributed by atoms with E-state index in [1.54, 1.807) is 13.1 Å². The third kappa shape index (κ3) is 6.34. The van der Waals surface area contributed by atoms with Gasteiger partial charge in [0.2, 0.25) is 0 Å². The Kier molecular flexibility index (Phi) is 7.38. The fourth-order valence-corrected chi connectivity index (χ4v) is 3.20. The molecule has 0 bridgehead atoms. The molecular formula is C24H21F3N4O4. The Morgan fingerprint density at radius 2 is 1.86 bits per heavy atom. The highest BCUT2D eigenvalue weighted by atomic mass is 19.4. The molecule has 0 saturated carbocycles. The van der Waals surface area contributed by atoms with Crippen molar-refractivity contribution >= 4 is 23.5 Å². The normalized spacial score (nSPS) is 12.5. The Morgan fingerprint density at radius 3 is 2.49 bits per heavy atom. The van der Waals surface area contributed by atoms with Crippen LogP contribution < -0.4 is 10.6 Å². The van der Waals surface area contributed by atoms with Crippen molar-refractivity contribution < 1.29 is 32.7 Å². The summed E-state index contributed by atoms with van der Waals surface area (Å²) >= 11 is 0. The summed E-state index contributed by atoms with van der Waals surface area (Å²) in [5.74, 6) is -3.01. The molecule has 0 atom stereocenters. The number of nitrogens with one attached hydrogen (secondary N) is 3. The minimum absolute atomic E-state index is 0.0426. The van der Waals surface area contributed by atoms with Crippen molar-refractivity contribution in [3.8, 4) is 22.5 Å². The number of carboxylic acids is 1. The van der Waals surface area contributed by atoms with Crippen LogP contribution in [0.2, 0.25) is 0 Å². The summed E-state index contributed by atoms with van der Waals surface area (Å²) in [7, 11) is 0. The molecule has 3 heterocycles. The number of carboxylic acid groups (broad SMARTS) is 1. The van der Waals surface area contributed by atoms with Gasteiger partial charge in [-0.3, -0.25) is 14.6 Å². The Bertz CT molecular complexity index is 1300. The van der Waals surface area contributed by atoms with Gasteiger partial charge in [0.15, 0.2) is 0 Å². The van der Waals surface area contributed by atoms with Crippen molar-refractivity contribution in [1.82, 2.24) is 15.3 Å². The van der Waals surface area contributed by atoms with Gasteiger partial charge in [-0.05, 0) is 37.3 Å². The third-order valence-corrected chi connectivity index (χ3v) is 4.92. The zero-order valence-corrected chi connectivity index (χ0v) is 18.5. The molecule has 0 unspecified atom stereocenters. The molecule has 11 heteroatoms. The first-order valence-corrected chi connectivity index (χ1v) is 10.3. The highest BCUT2D eigenvalue weighted by molar-refractivity contribution is 6.03. The first kappa shape index (κ1) is 25.2. The number of benzene rings is 1. The first-order valence-electron chi connectivity index (χ1n) is 10.3. The van der Waals surface area contributed by atoms with Crippen molar-refractivity contribution in [3.63, 3.8) is 0 Å². The van der Waals surface area contributed by atoms with Crippen molar-refractivity contribution in [2.45, 2.75) is 19.5 Å². The molecule has 3 aromatic rings. The molecule has 2 amide bonds. The molecule has 4 rings (SSSR count). The van der Waals surface area contributed by atoms with Gasteiger partial charge >= 0.3 is 12.1 Å². The van der Waals surface area contributed by atoms with E-state index in [4.69, 9.17) is 9.90 Å². The average molecular weight is 486 g/mol. The Hall–Kier alpha value is -4.41. The number of anilines is 1. The van der Waals surface area contributed by atoms with Crippen LogP contribution in [0.15, 0.2) is 60.8 Å². The van der Waals surface area contributed by atoms with E-state index in [0.29, 0.717) is 23.4 Å². The van der Waals surface area contributed by atoms with Crippen molar-refractivity contribution in [1.29, 1.82) is 0 Å². The van der Waals surface area contributed by atoms with Crippen molar-refractivity contribution in [2.24, 2.45) is 0 Å². The van der Waals surface area contributed by atoms with Gasteiger partial charge < -0.3 is 20.7 Å². The van der Waals surface area contributed by atoms with Crippen LogP contribution in [0.4, 0.5) is 18.9 Å². The minimum Gasteiger partial charge on any atom is -0.475 e. The standard InChI is InChI=1S/C22H20N4O2.C2HF3O2/c1-13(2)21(27)25-16-5-3-4-14(10-16)19-11-15(6-8-23-19)20-12-17-18(26-20)7-9-24-22(17)28;3-2(4,5)1(6)7/h3-6,8,10-12,26H,1,7,9H2,2H3,(H,24,28)(H,25,27);(H,6,7). The van der Waals surface area contributed by atoms with E-state index in [2.05, 4.69) is 27.2 Å². The quantitative estimate of drug-likeness (QED) is 0.412. The molecule has 182 valence electrons. The number of carbonyl (C=O) groups excluding carboxylic acids is 2. The summed E-state index contributed by atoms with van der Waals surface area (Å²) in [5, 5.41) is 12.8. The molecule has 4 N–H and O–H groups in total. The maximum absolute atomic E-state index is 12.0. The van der Waals surface area contributed by atoms with Crippen LogP contribution in [-0.4, -0.2) is 45.6 Å².